The summed E-state index contributed by atoms with van der Waals surface area (Å²) in [5.41, 5.74) is 3.96. The van der Waals surface area contributed by atoms with Crippen molar-refractivity contribution in [3.8, 4) is 23.0 Å². The molecule has 7 nitrogen and oxygen atoms in total. The predicted molar refractivity (Wildman–Crippen MR) is 111 cm³/mol. The summed E-state index contributed by atoms with van der Waals surface area (Å²) in [5.74, 6) is 1.37. The van der Waals surface area contributed by atoms with Crippen LogP contribution in [0.2, 0.25) is 0 Å². The van der Waals surface area contributed by atoms with Gasteiger partial charge >= 0.3 is 0 Å². The van der Waals surface area contributed by atoms with Gasteiger partial charge in [-0.1, -0.05) is 6.07 Å². The van der Waals surface area contributed by atoms with Crippen molar-refractivity contribution < 1.29 is 24.1 Å². The van der Waals surface area contributed by atoms with Gasteiger partial charge in [0, 0.05) is 0 Å². The summed E-state index contributed by atoms with van der Waals surface area (Å²) in [6, 6.07) is 8.69. The number of hydrogen-bond acceptors (Lipinski definition) is 6. The third kappa shape index (κ3) is 5.75. The standard InChI is InChI=1S/C19H21IN2O5/c1-4-27-17-9-13(7-14(20)19(17)24)11-21-22-18(23)10-12-5-6-15(25-2)16(8-12)26-3/h5-9,11,24H,4,10H2,1-3H3,(H,22,23)/b21-11-. The number of phenols is 1. The minimum Gasteiger partial charge on any atom is -0.504 e. The first kappa shape index (κ1) is 20.8. The van der Waals surface area contributed by atoms with E-state index in [0.29, 0.717) is 33.0 Å². The molecule has 0 atom stereocenters. The van der Waals surface area contributed by atoms with Crippen LogP contribution < -0.4 is 19.6 Å². The van der Waals surface area contributed by atoms with Crippen molar-refractivity contribution in [2.75, 3.05) is 20.8 Å². The molecule has 144 valence electrons. The zero-order valence-corrected chi connectivity index (χ0v) is 17.4. The highest BCUT2D eigenvalue weighted by molar-refractivity contribution is 14.1. The Hall–Kier alpha value is -2.49. The number of phenolic OH excluding ortho intramolecular Hbond substituents is 1. The molecular weight excluding hydrogens is 463 g/mol. The fourth-order valence-corrected chi connectivity index (χ4v) is 2.95. The van der Waals surface area contributed by atoms with E-state index >= 15 is 0 Å². The van der Waals surface area contributed by atoms with Gasteiger partial charge in [0.1, 0.15) is 0 Å². The maximum absolute atomic E-state index is 12.1. The monoisotopic (exact) mass is 484 g/mol. The van der Waals surface area contributed by atoms with Gasteiger partial charge in [0.2, 0.25) is 5.91 Å². The molecule has 2 N–H and O–H groups in total. The summed E-state index contributed by atoms with van der Waals surface area (Å²) in [4.78, 5) is 12.1. The number of methoxy groups -OCH3 is 2. The first-order valence-corrected chi connectivity index (χ1v) is 9.24. The topological polar surface area (TPSA) is 89.4 Å². The average molecular weight is 484 g/mol. The minimum absolute atomic E-state index is 0.0899. The van der Waals surface area contributed by atoms with Crippen molar-refractivity contribution in [2.45, 2.75) is 13.3 Å². The van der Waals surface area contributed by atoms with E-state index in [2.05, 4.69) is 10.5 Å². The molecule has 0 radical (unpaired) electrons. The van der Waals surface area contributed by atoms with E-state index in [1.165, 1.54) is 6.21 Å². The summed E-state index contributed by atoms with van der Waals surface area (Å²) in [7, 11) is 3.10. The van der Waals surface area contributed by atoms with Gasteiger partial charge in [-0.15, -0.1) is 0 Å². The van der Waals surface area contributed by atoms with E-state index in [9.17, 15) is 9.90 Å². The smallest absolute Gasteiger partial charge is 0.244 e. The lowest BCUT2D eigenvalue weighted by atomic mass is 10.1. The lowest BCUT2D eigenvalue weighted by molar-refractivity contribution is -0.120. The maximum atomic E-state index is 12.1. The molecule has 0 aliphatic rings. The Bertz CT molecular complexity index is 839. The van der Waals surface area contributed by atoms with Gasteiger partial charge in [-0.05, 0) is 64.9 Å². The first-order valence-electron chi connectivity index (χ1n) is 8.16. The summed E-state index contributed by atoms with van der Waals surface area (Å²) >= 11 is 2.01. The van der Waals surface area contributed by atoms with Gasteiger partial charge in [-0.25, -0.2) is 5.43 Å². The van der Waals surface area contributed by atoms with Crippen LogP contribution in [0.4, 0.5) is 0 Å². The van der Waals surface area contributed by atoms with Gasteiger partial charge in [0.05, 0.1) is 37.0 Å². The molecule has 0 heterocycles. The average Bonchev–Trinajstić information content (AvgIpc) is 2.65. The quantitative estimate of drug-likeness (QED) is 0.342. The normalized spacial score (nSPS) is 10.7. The van der Waals surface area contributed by atoms with Crippen LogP contribution in [0.3, 0.4) is 0 Å². The number of ether oxygens (including phenoxy) is 3. The van der Waals surface area contributed by atoms with Crippen LogP contribution in [0.5, 0.6) is 23.0 Å². The molecule has 0 saturated heterocycles. The second kappa shape index (κ2) is 10.0. The number of benzene rings is 2. The van der Waals surface area contributed by atoms with E-state index in [-0.39, 0.29) is 18.1 Å². The van der Waals surface area contributed by atoms with E-state index in [1.807, 2.05) is 29.5 Å². The van der Waals surface area contributed by atoms with Crippen LogP contribution >= 0.6 is 22.6 Å². The van der Waals surface area contributed by atoms with E-state index < -0.39 is 0 Å². The van der Waals surface area contributed by atoms with Crippen LogP contribution in [0, 0.1) is 3.57 Å². The largest absolute Gasteiger partial charge is 0.504 e. The van der Waals surface area contributed by atoms with Gasteiger partial charge in [-0.2, -0.15) is 5.10 Å². The Labute approximate surface area is 171 Å². The summed E-state index contributed by atoms with van der Waals surface area (Å²) in [6.07, 6.45) is 1.64. The molecule has 0 aliphatic carbocycles. The predicted octanol–water partition coefficient (Wildman–Crippen LogP) is 3.11. The van der Waals surface area contributed by atoms with Gasteiger partial charge in [0.15, 0.2) is 23.0 Å². The van der Waals surface area contributed by atoms with Crippen LogP contribution in [-0.4, -0.2) is 38.1 Å². The minimum atomic E-state index is -0.267. The lowest BCUT2D eigenvalue weighted by Crippen LogP contribution is -2.19. The molecule has 0 unspecified atom stereocenters. The molecule has 27 heavy (non-hydrogen) atoms. The molecule has 0 spiro atoms. The number of aromatic hydroxyl groups is 1. The molecule has 0 bridgehead atoms. The van der Waals surface area contributed by atoms with Crippen molar-refractivity contribution in [1.82, 2.24) is 5.43 Å². The van der Waals surface area contributed by atoms with Crippen molar-refractivity contribution in [1.29, 1.82) is 0 Å². The second-order valence-electron chi connectivity index (χ2n) is 5.44. The third-order valence-corrected chi connectivity index (χ3v) is 4.39. The highest BCUT2D eigenvalue weighted by Gasteiger charge is 2.09. The molecule has 2 rings (SSSR count). The number of carbonyl (C=O) groups excluding carboxylic acids is 1. The number of amides is 1. The SMILES string of the molecule is CCOc1cc(/C=N\NC(=O)Cc2ccc(OC)c(OC)c2)cc(I)c1O. The summed E-state index contributed by atoms with van der Waals surface area (Å²) < 4.78 is 16.4. The van der Waals surface area contributed by atoms with Crippen LogP contribution in [0.1, 0.15) is 18.1 Å². The zero-order valence-electron chi connectivity index (χ0n) is 15.3. The van der Waals surface area contributed by atoms with Crippen molar-refractivity contribution >= 4 is 34.7 Å². The Morgan fingerprint density at radius 2 is 1.93 bits per heavy atom. The highest BCUT2D eigenvalue weighted by atomic mass is 127. The lowest BCUT2D eigenvalue weighted by Gasteiger charge is -2.09. The Kier molecular flexibility index (Phi) is 7.71. The summed E-state index contributed by atoms with van der Waals surface area (Å²) in [5, 5.41) is 13.9. The van der Waals surface area contributed by atoms with Gasteiger partial charge < -0.3 is 19.3 Å². The van der Waals surface area contributed by atoms with Gasteiger partial charge in [0.25, 0.3) is 0 Å². The Morgan fingerprint density at radius 1 is 1.19 bits per heavy atom. The van der Waals surface area contributed by atoms with Crippen LogP contribution in [0.25, 0.3) is 0 Å². The zero-order chi connectivity index (χ0) is 19.8. The van der Waals surface area contributed by atoms with Crippen molar-refractivity contribution in [3.63, 3.8) is 0 Å². The number of rotatable bonds is 8. The fourth-order valence-electron chi connectivity index (χ4n) is 2.33. The van der Waals surface area contributed by atoms with Crippen LogP contribution in [-0.2, 0) is 11.2 Å². The Balaban J connectivity index is 2.01. The number of carbonyl (C=O) groups is 1. The molecule has 2 aromatic rings. The van der Waals surface area contributed by atoms with Crippen LogP contribution in [0.15, 0.2) is 35.4 Å². The molecule has 0 saturated carbocycles. The molecule has 1 amide bonds. The van der Waals surface area contributed by atoms with E-state index in [4.69, 9.17) is 14.2 Å². The highest BCUT2D eigenvalue weighted by Crippen LogP contribution is 2.32. The van der Waals surface area contributed by atoms with Crippen molar-refractivity contribution in [2.24, 2.45) is 5.10 Å². The molecule has 8 heteroatoms. The molecule has 0 fully saturated rings. The maximum Gasteiger partial charge on any atom is 0.244 e. The number of nitrogens with one attached hydrogen (secondary N) is 1. The molecule has 0 aromatic heterocycles. The fraction of sp³-hybridized carbons (Fsp3) is 0.263. The first-order chi connectivity index (χ1) is 13.0. The van der Waals surface area contributed by atoms with Gasteiger partial charge in [-0.3, -0.25) is 4.79 Å². The number of hydrogen-bond donors (Lipinski definition) is 2. The summed E-state index contributed by atoms with van der Waals surface area (Å²) in [6.45, 7) is 2.27. The van der Waals surface area contributed by atoms with Crippen molar-refractivity contribution in [3.05, 3.63) is 45.0 Å². The number of nitrogens with zero attached hydrogens (tertiary/aromatic N) is 1. The van der Waals surface area contributed by atoms with E-state index in [0.717, 1.165) is 5.56 Å². The Morgan fingerprint density at radius 3 is 2.59 bits per heavy atom. The third-order valence-electron chi connectivity index (χ3n) is 3.57. The second-order valence-corrected chi connectivity index (χ2v) is 6.60. The number of halogens is 1. The molecule has 2 aromatic carbocycles. The molecule has 0 aliphatic heterocycles. The number of hydrazone groups is 1. The van der Waals surface area contributed by atoms with E-state index in [1.54, 1.807) is 44.6 Å². The molecular formula is C19H21IN2O5.